The minimum atomic E-state index is -1.03. The van der Waals surface area contributed by atoms with Gasteiger partial charge in [-0.15, -0.1) is 0 Å². The number of carbonyl (C=O) groups is 2. The summed E-state index contributed by atoms with van der Waals surface area (Å²) in [6.45, 7) is 5.77. The third-order valence-corrected chi connectivity index (χ3v) is 4.39. The van der Waals surface area contributed by atoms with E-state index >= 15 is 0 Å². The maximum atomic E-state index is 11.9. The van der Waals surface area contributed by atoms with E-state index < -0.39 is 11.4 Å². The fraction of sp³-hybridized carbons (Fsp3) is 0.857. The number of carbonyl (C=O) groups excluding carboxylic acids is 1. The molecule has 1 rings (SSSR count). The first kappa shape index (κ1) is 16.0. The molecule has 1 amide bonds. The minimum absolute atomic E-state index is 0.00469. The summed E-state index contributed by atoms with van der Waals surface area (Å²) in [7, 11) is 0. The number of aliphatic hydroxyl groups excluding tert-OH is 1. The number of aliphatic hydroxyl groups is 1. The molecule has 0 aromatic carbocycles. The summed E-state index contributed by atoms with van der Waals surface area (Å²) < 4.78 is 0. The monoisotopic (exact) mass is 271 g/mol. The Morgan fingerprint density at radius 2 is 2.00 bits per heavy atom. The van der Waals surface area contributed by atoms with Crippen LogP contribution in [0.5, 0.6) is 0 Å². The van der Waals surface area contributed by atoms with Crippen LogP contribution < -0.4 is 5.32 Å². The van der Waals surface area contributed by atoms with Crippen LogP contribution in [-0.4, -0.2) is 34.7 Å². The molecule has 0 aliphatic heterocycles. The lowest BCUT2D eigenvalue weighted by molar-refractivity contribution is -0.153. The second-order valence-corrected chi connectivity index (χ2v) is 6.19. The molecule has 0 spiro atoms. The molecule has 1 aliphatic carbocycles. The third kappa shape index (κ3) is 4.20. The highest BCUT2D eigenvalue weighted by Crippen LogP contribution is 2.31. The smallest absolute Gasteiger partial charge is 0.310 e. The van der Waals surface area contributed by atoms with E-state index in [4.69, 9.17) is 0 Å². The summed E-state index contributed by atoms with van der Waals surface area (Å²) >= 11 is 0. The van der Waals surface area contributed by atoms with Crippen LogP contribution in [0.3, 0.4) is 0 Å². The Kier molecular flexibility index (Phi) is 5.35. The first-order valence-electron chi connectivity index (χ1n) is 6.94. The lowest BCUT2D eigenvalue weighted by Gasteiger charge is -2.28. The first-order valence-corrected chi connectivity index (χ1v) is 6.94. The third-order valence-electron chi connectivity index (χ3n) is 4.39. The van der Waals surface area contributed by atoms with Gasteiger partial charge in [0, 0.05) is 13.0 Å². The summed E-state index contributed by atoms with van der Waals surface area (Å²) in [4.78, 5) is 23.2. The van der Waals surface area contributed by atoms with E-state index in [-0.39, 0.29) is 24.3 Å². The van der Waals surface area contributed by atoms with Crippen LogP contribution in [-0.2, 0) is 9.59 Å². The van der Waals surface area contributed by atoms with Crippen LogP contribution in [0, 0.1) is 17.3 Å². The van der Waals surface area contributed by atoms with Crippen molar-refractivity contribution in [2.45, 2.75) is 52.6 Å². The molecule has 3 N–H and O–H groups in total. The van der Waals surface area contributed by atoms with E-state index in [0.29, 0.717) is 12.5 Å². The van der Waals surface area contributed by atoms with Crippen molar-refractivity contribution in [2.24, 2.45) is 17.3 Å². The topological polar surface area (TPSA) is 86.6 Å². The molecule has 0 saturated heterocycles. The molecule has 19 heavy (non-hydrogen) atoms. The molecule has 3 unspecified atom stereocenters. The zero-order chi connectivity index (χ0) is 14.6. The lowest BCUT2D eigenvalue weighted by Crippen LogP contribution is -2.40. The SMILES string of the molecule is CC(C)C(C)(CC(=O)NCC1CCC(O)C1)C(=O)O. The molecule has 0 aromatic rings. The Morgan fingerprint density at radius 1 is 1.37 bits per heavy atom. The molecule has 1 saturated carbocycles. The molecule has 0 heterocycles. The van der Waals surface area contributed by atoms with E-state index in [1.54, 1.807) is 6.92 Å². The van der Waals surface area contributed by atoms with Crippen molar-refractivity contribution in [3.05, 3.63) is 0 Å². The second kappa shape index (κ2) is 6.37. The average Bonchev–Trinajstić information content (AvgIpc) is 2.72. The number of aliphatic carboxylic acids is 1. The summed E-state index contributed by atoms with van der Waals surface area (Å²) in [5, 5.41) is 21.5. The minimum Gasteiger partial charge on any atom is -0.481 e. The van der Waals surface area contributed by atoms with Crippen LogP contribution in [0.25, 0.3) is 0 Å². The Morgan fingerprint density at radius 3 is 2.42 bits per heavy atom. The van der Waals surface area contributed by atoms with E-state index in [1.165, 1.54) is 0 Å². The maximum absolute atomic E-state index is 11.9. The van der Waals surface area contributed by atoms with Gasteiger partial charge < -0.3 is 15.5 Å². The Labute approximate surface area is 114 Å². The quantitative estimate of drug-likeness (QED) is 0.681. The molecular weight excluding hydrogens is 246 g/mol. The van der Waals surface area contributed by atoms with Gasteiger partial charge in [0.1, 0.15) is 0 Å². The zero-order valence-corrected chi connectivity index (χ0v) is 12.0. The summed E-state index contributed by atoms with van der Waals surface area (Å²) in [5.41, 5.74) is -1.03. The Balaban J connectivity index is 2.43. The van der Waals surface area contributed by atoms with Gasteiger partial charge in [0.2, 0.25) is 5.91 Å². The summed E-state index contributed by atoms with van der Waals surface area (Å²) in [6.07, 6.45) is 2.18. The largest absolute Gasteiger partial charge is 0.481 e. The van der Waals surface area contributed by atoms with Crippen molar-refractivity contribution in [2.75, 3.05) is 6.54 Å². The standard InChI is InChI=1S/C14H25NO4/c1-9(2)14(3,13(18)19)7-12(17)15-8-10-4-5-11(16)6-10/h9-11,16H,4-8H2,1-3H3,(H,15,17)(H,18,19). The number of nitrogens with one attached hydrogen (secondary N) is 1. The number of carboxylic acid groups (broad SMARTS) is 1. The number of amides is 1. The molecule has 5 heteroatoms. The zero-order valence-electron chi connectivity index (χ0n) is 12.0. The second-order valence-electron chi connectivity index (χ2n) is 6.19. The van der Waals surface area contributed by atoms with Gasteiger partial charge in [-0.1, -0.05) is 13.8 Å². The number of hydrogen-bond donors (Lipinski definition) is 3. The normalized spacial score (nSPS) is 26.2. The maximum Gasteiger partial charge on any atom is 0.310 e. The van der Waals surface area contributed by atoms with Gasteiger partial charge in [-0.25, -0.2) is 0 Å². The van der Waals surface area contributed by atoms with Gasteiger partial charge in [-0.2, -0.15) is 0 Å². The van der Waals surface area contributed by atoms with Gasteiger partial charge in [-0.05, 0) is 38.0 Å². The van der Waals surface area contributed by atoms with Gasteiger partial charge in [0.25, 0.3) is 0 Å². The van der Waals surface area contributed by atoms with Crippen LogP contribution in [0.1, 0.15) is 46.5 Å². The van der Waals surface area contributed by atoms with Crippen molar-refractivity contribution in [3.8, 4) is 0 Å². The van der Waals surface area contributed by atoms with Gasteiger partial charge in [0.05, 0.1) is 11.5 Å². The number of hydrogen-bond acceptors (Lipinski definition) is 3. The van der Waals surface area contributed by atoms with Crippen molar-refractivity contribution >= 4 is 11.9 Å². The summed E-state index contributed by atoms with van der Waals surface area (Å²) in [5.74, 6) is -0.952. The highest BCUT2D eigenvalue weighted by molar-refractivity contribution is 5.84. The van der Waals surface area contributed by atoms with Crippen LogP contribution in [0.15, 0.2) is 0 Å². The molecule has 3 atom stereocenters. The predicted octanol–water partition coefficient (Wildman–Crippen LogP) is 1.40. The van der Waals surface area contributed by atoms with Crippen molar-refractivity contribution in [3.63, 3.8) is 0 Å². The Bertz CT molecular complexity index is 342. The summed E-state index contributed by atoms with van der Waals surface area (Å²) in [6, 6.07) is 0. The molecule has 1 fully saturated rings. The molecule has 0 radical (unpaired) electrons. The fourth-order valence-corrected chi connectivity index (χ4v) is 2.41. The van der Waals surface area contributed by atoms with E-state index in [9.17, 15) is 19.8 Å². The van der Waals surface area contributed by atoms with E-state index in [0.717, 1.165) is 19.3 Å². The lowest BCUT2D eigenvalue weighted by atomic mass is 9.76. The first-order chi connectivity index (χ1) is 8.75. The van der Waals surface area contributed by atoms with Crippen LogP contribution in [0.4, 0.5) is 0 Å². The molecule has 0 bridgehead atoms. The van der Waals surface area contributed by atoms with Crippen LogP contribution >= 0.6 is 0 Å². The van der Waals surface area contributed by atoms with Crippen LogP contribution in [0.2, 0.25) is 0 Å². The number of carboxylic acids is 1. The number of rotatable bonds is 6. The van der Waals surface area contributed by atoms with Gasteiger partial charge in [0.15, 0.2) is 0 Å². The Hall–Kier alpha value is -1.10. The highest BCUT2D eigenvalue weighted by atomic mass is 16.4. The molecule has 5 nitrogen and oxygen atoms in total. The van der Waals surface area contributed by atoms with Crippen molar-refractivity contribution in [1.29, 1.82) is 0 Å². The van der Waals surface area contributed by atoms with E-state index in [1.807, 2.05) is 13.8 Å². The van der Waals surface area contributed by atoms with E-state index in [2.05, 4.69) is 5.32 Å². The molecule has 0 aromatic heterocycles. The van der Waals surface area contributed by atoms with Gasteiger partial charge in [-0.3, -0.25) is 9.59 Å². The average molecular weight is 271 g/mol. The van der Waals surface area contributed by atoms with Crippen molar-refractivity contribution < 1.29 is 19.8 Å². The molecule has 1 aliphatic rings. The predicted molar refractivity (Wildman–Crippen MR) is 71.6 cm³/mol. The van der Waals surface area contributed by atoms with Gasteiger partial charge >= 0.3 is 5.97 Å². The molecule has 110 valence electrons. The van der Waals surface area contributed by atoms with Crippen molar-refractivity contribution in [1.82, 2.24) is 5.32 Å². The fourth-order valence-electron chi connectivity index (χ4n) is 2.41. The highest BCUT2D eigenvalue weighted by Gasteiger charge is 2.38. The molecular formula is C14H25NO4.